The summed E-state index contributed by atoms with van der Waals surface area (Å²) < 4.78 is 1.03. The number of aromatic carboxylic acids is 1. The Morgan fingerprint density at radius 3 is 2.57 bits per heavy atom. The molecule has 0 radical (unpaired) electrons. The number of aryl methyl sites for hydroxylation is 2. The molecule has 1 aromatic heterocycles. The van der Waals surface area contributed by atoms with Crippen molar-refractivity contribution in [2.24, 2.45) is 7.05 Å². The van der Waals surface area contributed by atoms with Crippen LogP contribution in [-0.2, 0) is 7.05 Å². The molecule has 1 aromatic carbocycles. The van der Waals surface area contributed by atoms with Gasteiger partial charge in [0.2, 0.25) is 0 Å². The van der Waals surface area contributed by atoms with Crippen LogP contribution in [0.2, 0.25) is 0 Å². The van der Waals surface area contributed by atoms with E-state index in [1.807, 2.05) is 0 Å². The minimum atomic E-state index is -1.14. The van der Waals surface area contributed by atoms with E-state index in [0.717, 1.165) is 4.68 Å². The fourth-order valence-electron chi connectivity index (χ4n) is 1.81. The SMILES string of the molecule is Cc1cccc(C(=O)O)c1NC(=O)c1ccc(=O)n(C)n1. The van der Waals surface area contributed by atoms with E-state index in [0.29, 0.717) is 5.56 Å². The van der Waals surface area contributed by atoms with Crippen molar-refractivity contribution in [1.29, 1.82) is 0 Å². The van der Waals surface area contributed by atoms with Gasteiger partial charge in [0, 0.05) is 13.1 Å². The van der Waals surface area contributed by atoms with Crippen LogP contribution in [0, 0.1) is 6.92 Å². The van der Waals surface area contributed by atoms with Gasteiger partial charge >= 0.3 is 5.97 Å². The Bertz CT molecular complexity index is 780. The maximum absolute atomic E-state index is 12.1. The van der Waals surface area contributed by atoms with Gasteiger partial charge in [-0.1, -0.05) is 12.1 Å². The van der Waals surface area contributed by atoms with Gasteiger partial charge in [-0.25, -0.2) is 9.48 Å². The van der Waals surface area contributed by atoms with Crippen molar-refractivity contribution in [3.8, 4) is 0 Å². The van der Waals surface area contributed by atoms with Crippen LogP contribution in [0.25, 0.3) is 0 Å². The van der Waals surface area contributed by atoms with Gasteiger partial charge in [0.25, 0.3) is 11.5 Å². The number of carboxylic acids is 1. The molecular weight excluding hydrogens is 274 g/mol. The second kappa shape index (κ2) is 5.58. The third kappa shape index (κ3) is 2.97. The lowest BCUT2D eigenvalue weighted by Crippen LogP contribution is -2.24. The first-order valence-corrected chi connectivity index (χ1v) is 6.09. The number of carbonyl (C=O) groups excluding carboxylic acids is 1. The predicted molar refractivity (Wildman–Crippen MR) is 75.6 cm³/mol. The normalized spacial score (nSPS) is 10.2. The number of para-hydroxylation sites is 1. The minimum absolute atomic E-state index is 0.00632. The second-order valence-electron chi connectivity index (χ2n) is 4.44. The summed E-state index contributed by atoms with van der Waals surface area (Å²) in [4.78, 5) is 34.5. The van der Waals surface area contributed by atoms with Gasteiger partial charge in [0.05, 0.1) is 11.3 Å². The third-order valence-electron chi connectivity index (χ3n) is 2.93. The second-order valence-corrected chi connectivity index (χ2v) is 4.44. The molecule has 108 valence electrons. The summed E-state index contributed by atoms with van der Waals surface area (Å²) in [6.07, 6.45) is 0. The number of carboxylic acid groups (broad SMARTS) is 1. The molecule has 2 aromatic rings. The molecule has 0 atom stereocenters. The Morgan fingerprint density at radius 1 is 1.24 bits per heavy atom. The van der Waals surface area contributed by atoms with Crippen LogP contribution in [0.4, 0.5) is 5.69 Å². The summed E-state index contributed by atoms with van der Waals surface area (Å²) in [7, 11) is 1.43. The van der Waals surface area contributed by atoms with E-state index in [4.69, 9.17) is 5.11 Å². The number of hydrogen-bond donors (Lipinski definition) is 2. The highest BCUT2D eigenvalue weighted by molar-refractivity contribution is 6.07. The molecule has 0 saturated carbocycles. The van der Waals surface area contributed by atoms with Gasteiger partial charge in [-0.3, -0.25) is 9.59 Å². The molecule has 0 bridgehead atoms. The Labute approximate surface area is 119 Å². The summed E-state index contributed by atoms with van der Waals surface area (Å²) in [6, 6.07) is 7.20. The van der Waals surface area contributed by atoms with E-state index in [2.05, 4.69) is 10.4 Å². The quantitative estimate of drug-likeness (QED) is 0.878. The van der Waals surface area contributed by atoms with Crippen LogP contribution >= 0.6 is 0 Å². The lowest BCUT2D eigenvalue weighted by molar-refractivity contribution is 0.0698. The zero-order chi connectivity index (χ0) is 15.6. The highest BCUT2D eigenvalue weighted by atomic mass is 16.4. The third-order valence-corrected chi connectivity index (χ3v) is 2.93. The molecule has 0 saturated heterocycles. The average molecular weight is 287 g/mol. The number of aromatic nitrogens is 2. The maximum Gasteiger partial charge on any atom is 0.337 e. The van der Waals surface area contributed by atoms with E-state index in [-0.39, 0.29) is 22.5 Å². The number of nitrogens with zero attached hydrogens (tertiary/aromatic N) is 2. The molecule has 0 fully saturated rings. The van der Waals surface area contributed by atoms with Crippen LogP contribution in [0.1, 0.15) is 26.4 Å². The number of anilines is 1. The Hall–Kier alpha value is -2.96. The first-order chi connectivity index (χ1) is 9.90. The molecule has 1 heterocycles. The minimum Gasteiger partial charge on any atom is -0.478 e. The standard InChI is InChI=1S/C14H13N3O4/c1-8-4-3-5-9(14(20)21)12(8)15-13(19)10-6-7-11(18)17(2)16-10/h3-7H,1-2H3,(H,15,19)(H,20,21). The molecule has 0 unspecified atom stereocenters. The van der Waals surface area contributed by atoms with Crippen molar-refractivity contribution >= 4 is 17.6 Å². The zero-order valence-electron chi connectivity index (χ0n) is 11.5. The van der Waals surface area contributed by atoms with Gasteiger partial charge < -0.3 is 10.4 Å². The summed E-state index contributed by atoms with van der Waals surface area (Å²) in [5.41, 5.74) is 0.511. The summed E-state index contributed by atoms with van der Waals surface area (Å²) in [5.74, 6) is -1.72. The fourth-order valence-corrected chi connectivity index (χ4v) is 1.81. The molecule has 2 N–H and O–H groups in total. The van der Waals surface area contributed by atoms with Gasteiger partial charge in [0.1, 0.15) is 5.69 Å². The topological polar surface area (TPSA) is 101 Å². The molecule has 0 aliphatic carbocycles. The Balaban J connectivity index is 2.38. The molecule has 0 spiro atoms. The number of rotatable bonds is 3. The molecule has 7 nitrogen and oxygen atoms in total. The lowest BCUT2D eigenvalue weighted by Gasteiger charge is -2.11. The molecule has 2 rings (SSSR count). The van der Waals surface area contributed by atoms with E-state index < -0.39 is 11.9 Å². The van der Waals surface area contributed by atoms with Crippen molar-refractivity contribution in [3.63, 3.8) is 0 Å². The first-order valence-electron chi connectivity index (χ1n) is 6.09. The lowest BCUT2D eigenvalue weighted by atomic mass is 10.1. The molecule has 0 aliphatic heterocycles. The molecule has 1 amide bonds. The van der Waals surface area contributed by atoms with Crippen molar-refractivity contribution in [3.05, 3.63) is 57.5 Å². The largest absolute Gasteiger partial charge is 0.478 e. The van der Waals surface area contributed by atoms with Crippen LogP contribution < -0.4 is 10.9 Å². The monoisotopic (exact) mass is 287 g/mol. The van der Waals surface area contributed by atoms with Crippen LogP contribution in [-0.4, -0.2) is 26.8 Å². The number of benzene rings is 1. The molecule has 21 heavy (non-hydrogen) atoms. The smallest absolute Gasteiger partial charge is 0.337 e. The van der Waals surface area contributed by atoms with E-state index in [1.54, 1.807) is 19.1 Å². The Kier molecular flexibility index (Phi) is 3.84. The van der Waals surface area contributed by atoms with Crippen molar-refractivity contribution < 1.29 is 14.7 Å². The van der Waals surface area contributed by atoms with Gasteiger partial charge in [0.15, 0.2) is 0 Å². The van der Waals surface area contributed by atoms with E-state index in [9.17, 15) is 14.4 Å². The predicted octanol–water partition coefficient (Wildman–Crippen LogP) is 1.04. The number of amides is 1. The number of nitrogens with one attached hydrogen (secondary N) is 1. The van der Waals surface area contributed by atoms with Gasteiger partial charge in [-0.15, -0.1) is 0 Å². The van der Waals surface area contributed by atoms with Gasteiger partial charge in [-0.05, 0) is 24.6 Å². The maximum atomic E-state index is 12.1. The van der Waals surface area contributed by atoms with Crippen LogP contribution in [0.15, 0.2) is 35.1 Å². The first kappa shape index (κ1) is 14.4. The van der Waals surface area contributed by atoms with Crippen LogP contribution in [0.5, 0.6) is 0 Å². The molecule has 7 heteroatoms. The van der Waals surface area contributed by atoms with Crippen molar-refractivity contribution in [2.45, 2.75) is 6.92 Å². The highest BCUT2D eigenvalue weighted by Crippen LogP contribution is 2.21. The zero-order valence-corrected chi connectivity index (χ0v) is 11.5. The summed E-state index contributed by atoms with van der Waals surface area (Å²) >= 11 is 0. The number of carbonyl (C=O) groups is 2. The average Bonchev–Trinajstić information content (AvgIpc) is 2.43. The van der Waals surface area contributed by atoms with Crippen molar-refractivity contribution in [1.82, 2.24) is 9.78 Å². The molecular formula is C14H13N3O4. The highest BCUT2D eigenvalue weighted by Gasteiger charge is 2.16. The Morgan fingerprint density at radius 2 is 1.95 bits per heavy atom. The summed E-state index contributed by atoms with van der Waals surface area (Å²) in [5, 5.41) is 15.5. The van der Waals surface area contributed by atoms with E-state index in [1.165, 1.54) is 25.2 Å². The fraction of sp³-hybridized carbons (Fsp3) is 0.143. The number of hydrogen-bond acceptors (Lipinski definition) is 4. The van der Waals surface area contributed by atoms with Crippen molar-refractivity contribution in [2.75, 3.05) is 5.32 Å². The van der Waals surface area contributed by atoms with Gasteiger partial charge in [-0.2, -0.15) is 5.10 Å². The summed E-state index contributed by atoms with van der Waals surface area (Å²) in [6.45, 7) is 1.69. The van der Waals surface area contributed by atoms with E-state index >= 15 is 0 Å². The molecule has 0 aliphatic rings. The van der Waals surface area contributed by atoms with Crippen LogP contribution in [0.3, 0.4) is 0 Å².